The third-order valence-corrected chi connectivity index (χ3v) is 2.64. The number of morpholine rings is 1. The first kappa shape index (κ1) is 10.0. The molecule has 0 bridgehead atoms. The molecule has 0 N–H and O–H groups in total. The van der Waals surface area contributed by atoms with Crippen LogP contribution >= 0.6 is 0 Å². The summed E-state index contributed by atoms with van der Waals surface area (Å²) in [7, 11) is 0. The Kier molecular flexibility index (Phi) is 4.62. The molecule has 0 aromatic rings. The Bertz CT molecular complexity index is 110. The monoisotopic (exact) mass is 171 g/mol. The van der Waals surface area contributed by atoms with Crippen LogP contribution in [-0.4, -0.2) is 37.2 Å². The maximum atomic E-state index is 5.31. The number of nitrogens with zero attached hydrogens (tertiary/aromatic N) is 1. The van der Waals surface area contributed by atoms with Crippen molar-refractivity contribution in [2.24, 2.45) is 0 Å². The first-order valence-corrected chi connectivity index (χ1v) is 5.16. The molecule has 0 amide bonds. The molecular formula is C10H21NO. The highest BCUT2D eigenvalue weighted by Gasteiger charge is 2.15. The lowest BCUT2D eigenvalue weighted by atomic mass is 10.1. The highest BCUT2D eigenvalue weighted by atomic mass is 16.5. The second kappa shape index (κ2) is 5.55. The molecule has 0 radical (unpaired) electrons. The van der Waals surface area contributed by atoms with Crippen LogP contribution in [0.5, 0.6) is 0 Å². The third-order valence-electron chi connectivity index (χ3n) is 2.64. The summed E-state index contributed by atoms with van der Waals surface area (Å²) < 4.78 is 5.31. The van der Waals surface area contributed by atoms with Crippen molar-refractivity contribution in [3.8, 4) is 0 Å². The van der Waals surface area contributed by atoms with Gasteiger partial charge < -0.3 is 4.74 Å². The topological polar surface area (TPSA) is 12.5 Å². The molecule has 2 heteroatoms. The number of hydrogen-bond donors (Lipinski definition) is 0. The predicted octanol–water partition coefficient (Wildman–Crippen LogP) is 1.90. The Morgan fingerprint density at radius 2 is 2.00 bits per heavy atom. The van der Waals surface area contributed by atoms with Crippen molar-refractivity contribution < 1.29 is 4.74 Å². The van der Waals surface area contributed by atoms with E-state index in [1.807, 2.05) is 0 Å². The van der Waals surface area contributed by atoms with Crippen molar-refractivity contribution in [2.45, 2.75) is 39.2 Å². The van der Waals surface area contributed by atoms with Gasteiger partial charge in [-0.05, 0) is 13.3 Å². The maximum Gasteiger partial charge on any atom is 0.0594 e. The molecule has 0 aromatic heterocycles. The molecule has 1 rings (SSSR count). The minimum atomic E-state index is 0.758. The number of ether oxygens (including phenoxy) is 1. The van der Waals surface area contributed by atoms with Gasteiger partial charge in [-0.3, -0.25) is 4.90 Å². The van der Waals surface area contributed by atoms with Gasteiger partial charge in [0.25, 0.3) is 0 Å². The van der Waals surface area contributed by atoms with E-state index in [1.54, 1.807) is 0 Å². The quantitative estimate of drug-likeness (QED) is 0.640. The Balaban J connectivity index is 2.15. The molecule has 1 heterocycles. The molecule has 0 aliphatic carbocycles. The van der Waals surface area contributed by atoms with Crippen LogP contribution in [0.4, 0.5) is 0 Å². The predicted molar refractivity (Wildman–Crippen MR) is 51.4 cm³/mol. The lowest BCUT2D eigenvalue weighted by Gasteiger charge is -2.32. The van der Waals surface area contributed by atoms with Gasteiger partial charge in [0, 0.05) is 19.1 Å². The first-order chi connectivity index (χ1) is 5.84. The van der Waals surface area contributed by atoms with Crippen LogP contribution in [0.1, 0.15) is 33.1 Å². The molecule has 0 unspecified atom stereocenters. The fourth-order valence-corrected chi connectivity index (χ4v) is 1.70. The van der Waals surface area contributed by atoms with Crippen molar-refractivity contribution in [2.75, 3.05) is 26.3 Å². The highest BCUT2D eigenvalue weighted by Crippen LogP contribution is 2.09. The molecule has 1 aliphatic heterocycles. The van der Waals surface area contributed by atoms with Gasteiger partial charge in [-0.2, -0.15) is 0 Å². The molecule has 0 aromatic carbocycles. The molecule has 0 spiro atoms. The van der Waals surface area contributed by atoms with Gasteiger partial charge in [0.05, 0.1) is 13.2 Å². The average Bonchev–Trinajstić information content (AvgIpc) is 2.15. The summed E-state index contributed by atoms with van der Waals surface area (Å²) in [5, 5.41) is 0. The molecular weight excluding hydrogens is 150 g/mol. The number of unbranched alkanes of at least 4 members (excludes halogenated alkanes) is 1. The van der Waals surface area contributed by atoms with Gasteiger partial charge in [-0.15, -0.1) is 0 Å². The van der Waals surface area contributed by atoms with E-state index in [2.05, 4.69) is 18.7 Å². The lowest BCUT2D eigenvalue weighted by molar-refractivity contribution is 0.0182. The van der Waals surface area contributed by atoms with E-state index in [0.717, 1.165) is 32.3 Å². The smallest absolute Gasteiger partial charge is 0.0594 e. The van der Waals surface area contributed by atoms with E-state index in [0.29, 0.717) is 0 Å². The summed E-state index contributed by atoms with van der Waals surface area (Å²) in [6, 6.07) is 0.758. The van der Waals surface area contributed by atoms with E-state index < -0.39 is 0 Å². The van der Waals surface area contributed by atoms with Crippen LogP contribution in [0.25, 0.3) is 0 Å². The zero-order chi connectivity index (χ0) is 8.81. The molecule has 2 nitrogen and oxygen atoms in total. The van der Waals surface area contributed by atoms with E-state index >= 15 is 0 Å². The van der Waals surface area contributed by atoms with Crippen LogP contribution in [0.15, 0.2) is 0 Å². The van der Waals surface area contributed by atoms with Crippen molar-refractivity contribution in [3.05, 3.63) is 0 Å². The maximum absolute atomic E-state index is 5.31. The van der Waals surface area contributed by atoms with Crippen molar-refractivity contribution in [1.82, 2.24) is 4.90 Å². The van der Waals surface area contributed by atoms with Crippen LogP contribution in [0.2, 0.25) is 0 Å². The minimum Gasteiger partial charge on any atom is -0.379 e. The number of hydrogen-bond acceptors (Lipinski definition) is 2. The van der Waals surface area contributed by atoms with Crippen molar-refractivity contribution in [3.63, 3.8) is 0 Å². The highest BCUT2D eigenvalue weighted by molar-refractivity contribution is 4.69. The summed E-state index contributed by atoms with van der Waals surface area (Å²) in [4.78, 5) is 2.54. The fraction of sp³-hybridized carbons (Fsp3) is 1.00. The molecule has 1 atom stereocenters. The molecule has 1 aliphatic rings. The van der Waals surface area contributed by atoms with Crippen LogP contribution in [0, 0.1) is 0 Å². The molecule has 72 valence electrons. The minimum absolute atomic E-state index is 0.758. The van der Waals surface area contributed by atoms with E-state index in [9.17, 15) is 0 Å². The summed E-state index contributed by atoms with van der Waals surface area (Å²) >= 11 is 0. The second-order valence-corrected chi connectivity index (χ2v) is 3.64. The average molecular weight is 171 g/mol. The van der Waals surface area contributed by atoms with Crippen LogP contribution < -0.4 is 0 Å². The van der Waals surface area contributed by atoms with Gasteiger partial charge in [0.15, 0.2) is 0 Å². The number of rotatable bonds is 4. The molecule has 0 saturated carbocycles. The zero-order valence-electron chi connectivity index (χ0n) is 8.38. The van der Waals surface area contributed by atoms with E-state index in [-0.39, 0.29) is 0 Å². The summed E-state index contributed by atoms with van der Waals surface area (Å²) in [5.74, 6) is 0. The van der Waals surface area contributed by atoms with Gasteiger partial charge in [0.2, 0.25) is 0 Å². The van der Waals surface area contributed by atoms with Gasteiger partial charge in [-0.1, -0.05) is 19.8 Å². The van der Waals surface area contributed by atoms with Crippen molar-refractivity contribution >= 4 is 0 Å². The fourth-order valence-electron chi connectivity index (χ4n) is 1.70. The largest absolute Gasteiger partial charge is 0.379 e. The second-order valence-electron chi connectivity index (χ2n) is 3.64. The van der Waals surface area contributed by atoms with E-state index in [4.69, 9.17) is 4.74 Å². The Labute approximate surface area is 75.9 Å². The molecule has 1 saturated heterocycles. The van der Waals surface area contributed by atoms with E-state index in [1.165, 1.54) is 19.3 Å². The van der Waals surface area contributed by atoms with Gasteiger partial charge >= 0.3 is 0 Å². The standard InChI is InChI=1S/C10H21NO/c1-3-4-5-10(2)11-6-8-12-9-7-11/h10H,3-9H2,1-2H3/t10-/m0/s1. The van der Waals surface area contributed by atoms with Gasteiger partial charge in [-0.25, -0.2) is 0 Å². The normalized spacial score (nSPS) is 22.5. The lowest BCUT2D eigenvalue weighted by Crippen LogP contribution is -2.42. The zero-order valence-corrected chi connectivity index (χ0v) is 8.38. The summed E-state index contributed by atoms with van der Waals surface area (Å²) in [5.41, 5.74) is 0. The molecule has 12 heavy (non-hydrogen) atoms. The first-order valence-electron chi connectivity index (χ1n) is 5.16. The summed E-state index contributed by atoms with van der Waals surface area (Å²) in [6.45, 7) is 8.70. The Morgan fingerprint density at radius 3 is 2.58 bits per heavy atom. The Hall–Kier alpha value is -0.0800. The van der Waals surface area contributed by atoms with Gasteiger partial charge in [0.1, 0.15) is 0 Å². The van der Waals surface area contributed by atoms with Crippen LogP contribution in [0.3, 0.4) is 0 Å². The van der Waals surface area contributed by atoms with Crippen molar-refractivity contribution in [1.29, 1.82) is 0 Å². The third kappa shape index (κ3) is 3.11. The molecule has 1 fully saturated rings. The SMILES string of the molecule is CCCC[C@H](C)N1CCOCC1. The summed E-state index contributed by atoms with van der Waals surface area (Å²) in [6.07, 6.45) is 4.02. The Morgan fingerprint density at radius 1 is 1.33 bits per heavy atom. The van der Waals surface area contributed by atoms with Crippen LogP contribution in [-0.2, 0) is 4.74 Å².